The van der Waals surface area contributed by atoms with Gasteiger partial charge in [0.1, 0.15) is 5.75 Å². The van der Waals surface area contributed by atoms with Crippen LogP contribution in [0.5, 0.6) is 5.75 Å². The average Bonchev–Trinajstić information content (AvgIpc) is 3.09. The van der Waals surface area contributed by atoms with Crippen molar-refractivity contribution in [3.05, 3.63) is 65.9 Å². The van der Waals surface area contributed by atoms with Gasteiger partial charge in [-0.25, -0.2) is 4.99 Å². The van der Waals surface area contributed by atoms with Gasteiger partial charge in [0, 0.05) is 30.2 Å². The largest absolute Gasteiger partial charge is 0.435 e. The molecule has 0 atom stereocenters. The van der Waals surface area contributed by atoms with Gasteiger partial charge in [-0.3, -0.25) is 0 Å². The molecule has 0 aliphatic heterocycles. The fourth-order valence-corrected chi connectivity index (χ4v) is 2.99. The van der Waals surface area contributed by atoms with Gasteiger partial charge in [0.25, 0.3) is 0 Å². The molecule has 0 amide bonds. The first-order valence-electron chi connectivity index (χ1n) is 9.26. The van der Waals surface area contributed by atoms with Crippen LogP contribution in [0.1, 0.15) is 18.1 Å². The third-order valence-electron chi connectivity index (χ3n) is 4.25. The number of H-pyrrole nitrogens is 1. The second kappa shape index (κ2) is 9.73. The van der Waals surface area contributed by atoms with Crippen molar-refractivity contribution < 1.29 is 13.5 Å². The molecule has 0 unspecified atom stereocenters. The summed E-state index contributed by atoms with van der Waals surface area (Å²) in [6.45, 7) is 0.981. The minimum Gasteiger partial charge on any atom is -0.435 e. The minimum absolute atomic E-state index is 0.139. The molecular weight excluding hydrogens is 362 g/mol. The number of alkyl halides is 2. The summed E-state index contributed by atoms with van der Waals surface area (Å²) in [5, 5.41) is 7.74. The Kier molecular flexibility index (Phi) is 6.84. The third kappa shape index (κ3) is 5.45. The van der Waals surface area contributed by atoms with Gasteiger partial charge < -0.3 is 20.4 Å². The number of hydrogen-bond donors (Lipinski definition) is 3. The lowest BCUT2D eigenvalue weighted by molar-refractivity contribution is -0.0498. The van der Waals surface area contributed by atoms with Gasteiger partial charge in [0.05, 0.1) is 6.54 Å². The summed E-state index contributed by atoms with van der Waals surface area (Å²) >= 11 is 0. The van der Waals surface area contributed by atoms with Gasteiger partial charge in [-0.05, 0) is 42.7 Å². The molecular formula is C21H24F2N4O. The number of aromatic nitrogens is 1. The molecule has 3 aromatic rings. The maximum atomic E-state index is 12.3. The summed E-state index contributed by atoms with van der Waals surface area (Å²) in [5.74, 6) is 0.822. The molecule has 3 rings (SSSR count). The quantitative estimate of drug-likeness (QED) is 0.404. The summed E-state index contributed by atoms with van der Waals surface area (Å²) < 4.78 is 29.1. The van der Waals surface area contributed by atoms with Crippen molar-refractivity contribution in [2.75, 3.05) is 13.1 Å². The van der Waals surface area contributed by atoms with E-state index in [0.717, 1.165) is 30.6 Å². The molecule has 0 saturated heterocycles. The van der Waals surface area contributed by atoms with Crippen LogP contribution < -0.4 is 15.4 Å². The highest BCUT2D eigenvalue weighted by Crippen LogP contribution is 2.18. The Bertz CT molecular complexity index is 923. The molecule has 1 heterocycles. The number of rotatable bonds is 8. The number of benzene rings is 2. The highest BCUT2D eigenvalue weighted by atomic mass is 19.3. The molecule has 148 valence electrons. The smallest absolute Gasteiger partial charge is 0.387 e. The lowest BCUT2D eigenvalue weighted by atomic mass is 10.1. The standard InChI is InChI=1S/C21H24F2N4O/c1-2-24-21(27-13-15-6-5-7-17(12-15)28-20(22)23)25-11-10-16-14-26-19-9-4-3-8-18(16)19/h3-9,12,14,20,26H,2,10-11,13H2,1H3,(H2,24,25,27). The average molecular weight is 386 g/mol. The van der Waals surface area contributed by atoms with E-state index in [0.29, 0.717) is 12.5 Å². The monoisotopic (exact) mass is 386 g/mol. The SMILES string of the molecule is CCNC(=NCc1cccc(OC(F)F)c1)NCCc1c[nH]c2ccccc12. The van der Waals surface area contributed by atoms with Crippen molar-refractivity contribution in [3.63, 3.8) is 0 Å². The summed E-state index contributed by atoms with van der Waals surface area (Å²) in [7, 11) is 0. The topological polar surface area (TPSA) is 61.4 Å². The second-order valence-electron chi connectivity index (χ2n) is 6.26. The van der Waals surface area contributed by atoms with Gasteiger partial charge in [-0.15, -0.1) is 0 Å². The Morgan fingerprint density at radius 1 is 1.14 bits per heavy atom. The molecule has 0 saturated carbocycles. The molecule has 3 N–H and O–H groups in total. The van der Waals surface area contributed by atoms with Gasteiger partial charge >= 0.3 is 6.61 Å². The van der Waals surface area contributed by atoms with E-state index in [2.05, 4.69) is 37.5 Å². The van der Waals surface area contributed by atoms with E-state index < -0.39 is 6.61 Å². The van der Waals surface area contributed by atoms with Crippen molar-refractivity contribution in [1.29, 1.82) is 0 Å². The molecule has 0 bridgehead atoms. The molecule has 0 spiro atoms. The van der Waals surface area contributed by atoms with Crippen LogP contribution in [0.3, 0.4) is 0 Å². The lowest BCUT2D eigenvalue weighted by Crippen LogP contribution is -2.38. The van der Waals surface area contributed by atoms with Gasteiger partial charge in [-0.2, -0.15) is 8.78 Å². The van der Waals surface area contributed by atoms with Gasteiger partial charge in [0.15, 0.2) is 5.96 Å². The van der Waals surface area contributed by atoms with Crippen molar-refractivity contribution in [2.45, 2.75) is 26.5 Å². The van der Waals surface area contributed by atoms with Crippen LogP contribution in [0.2, 0.25) is 0 Å². The Morgan fingerprint density at radius 2 is 2.00 bits per heavy atom. The number of nitrogens with zero attached hydrogens (tertiary/aromatic N) is 1. The van der Waals surface area contributed by atoms with Crippen molar-refractivity contribution >= 4 is 16.9 Å². The van der Waals surface area contributed by atoms with Crippen LogP contribution in [0.15, 0.2) is 59.7 Å². The van der Waals surface area contributed by atoms with E-state index in [9.17, 15) is 8.78 Å². The summed E-state index contributed by atoms with van der Waals surface area (Å²) in [6.07, 6.45) is 2.89. The van der Waals surface area contributed by atoms with Crippen LogP contribution in [-0.2, 0) is 13.0 Å². The van der Waals surface area contributed by atoms with E-state index in [1.807, 2.05) is 31.3 Å². The van der Waals surface area contributed by atoms with Crippen LogP contribution in [0.4, 0.5) is 8.78 Å². The number of para-hydroxylation sites is 1. The number of guanidine groups is 1. The molecule has 2 aromatic carbocycles. The van der Waals surface area contributed by atoms with E-state index in [4.69, 9.17) is 0 Å². The summed E-state index contributed by atoms with van der Waals surface area (Å²) in [5.41, 5.74) is 3.17. The number of halogens is 2. The summed E-state index contributed by atoms with van der Waals surface area (Å²) in [4.78, 5) is 7.81. The molecule has 0 aliphatic rings. The number of aromatic amines is 1. The van der Waals surface area contributed by atoms with Crippen molar-refractivity contribution in [3.8, 4) is 5.75 Å². The van der Waals surface area contributed by atoms with Gasteiger partial charge in [-0.1, -0.05) is 30.3 Å². The van der Waals surface area contributed by atoms with E-state index >= 15 is 0 Å². The maximum Gasteiger partial charge on any atom is 0.387 e. The fraction of sp³-hybridized carbons (Fsp3) is 0.286. The molecule has 0 aliphatic carbocycles. The second-order valence-corrected chi connectivity index (χ2v) is 6.26. The highest BCUT2D eigenvalue weighted by molar-refractivity contribution is 5.83. The zero-order chi connectivity index (χ0) is 19.8. The zero-order valence-corrected chi connectivity index (χ0v) is 15.7. The highest BCUT2D eigenvalue weighted by Gasteiger charge is 2.06. The lowest BCUT2D eigenvalue weighted by Gasteiger charge is -2.11. The third-order valence-corrected chi connectivity index (χ3v) is 4.25. The van der Waals surface area contributed by atoms with E-state index in [-0.39, 0.29) is 5.75 Å². The number of hydrogen-bond acceptors (Lipinski definition) is 2. The van der Waals surface area contributed by atoms with Crippen molar-refractivity contribution in [1.82, 2.24) is 15.6 Å². The molecule has 28 heavy (non-hydrogen) atoms. The fourth-order valence-electron chi connectivity index (χ4n) is 2.99. The Labute approximate surface area is 162 Å². The normalized spacial score (nSPS) is 11.8. The first kappa shape index (κ1) is 19.7. The maximum absolute atomic E-state index is 12.3. The Hall–Kier alpha value is -3.09. The molecule has 1 aromatic heterocycles. The Balaban J connectivity index is 1.58. The van der Waals surface area contributed by atoms with Crippen molar-refractivity contribution in [2.24, 2.45) is 4.99 Å². The molecule has 0 radical (unpaired) electrons. The number of nitrogens with one attached hydrogen (secondary N) is 3. The van der Waals surface area contributed by atoms with Crippen LogP contribution in [0, 0.1) is 0 Å². The molecule has 0 fully saturated rings. The number of fused-ring (bicyclic) bond motifs is 1. The number of aliphatic imine (C=N–C) groups is 1. The molecule has 7 heteroatoms. The zero-order valence-electron chi connectivity index (χ0n) is 15.7. The van der Waals surface area contributed by atoms with Crippen LogP contribution >= 0.6 is 0 Å². The first-order chi connectivity index (χ1) is 13.7. The van der Waals surface area contributed by atoms with Gasteiger partial charge in [0.2, 0.25) is 0 Å². The summed E-state index contributed by atoms with van der Waals surface area (Å²) in [6, 6.07) is 14.8. The van der Waals surface area contributed by atoms with Crippen LogP contribution in [0.25, 0.3) is 10.9 Å². The minimum atomic E-state index is -2.83. The Morgan fingerprint density at radius 3 is 2.82 bits per heavy atom. The molecule has 5 nitrogen and oxygen atoms in total. The predicted molar refractivity (Wildman–Crippen MR) is 108 cm³/mol. The predicted octanol–water partition coefficient (Wildman–Crippen LogP) is 4.07. The van der Waals surface area contributed by atoms with Crippen LogP contribution in [-0.4, -0.2) is 30.6 Å². The first-order valence-corrected chi connectivity index (χ1v) is 9.26. The van der Waals surface area contributed by atoms with E-state index in [1.54, 1.807) is 12.1 Å². The number of ether oxygens (including phenoxy) is 1. The van der Waals surface area contributed by atoms with E-state index in [1.165, 1.54) is 17.0 Å².